The van der Waals surface area contributed by atoms with Crippen molar-refractivity contribution in [2.45, 2.75) is 6.92 Å². The lowest BCUT2D eigenvalue weighted by Gasteiger charge is -2.20. The van der Waals surface area contributed by atoms with E-state index in [0.29, 0.717) is 31.8 Å². The zero-order valence-corrected chi connectivity index (χ0v) is 9.11. The Kier molecular flexibility index (Phi) is 7.89. The Bertz CT molecular complexity index is 200. The molecule has 0 aliphatic carbocycles. The van der Waals surface area contributed by atoms with Crippen LogP contribution in [0.4, 0.5) is 0 Å². The molecule has 0 atom stereocenters. The fraction of sp³-hybridized carbons (Fsp3) is 0.700. The maximum absolute atomic E-state index is 11.2. The summed E-state index contributed by atoms with van der Waals surface area (Å²) in [6, 6.07) is 0. The summed E-state index contributed by atoms with van der Waals surface area (Å²) in [5.74, 6) is -0.432. The number of carbonyl (C=O) groups is 1. The molecular weight excluding hydrogens is 198 g/mol. The average molecular weight is 217 g/mol. The van der Waals surface area contributed by atoms with Gasteiger partial charge < -0.3 is 14.9 Å². The Morgan fingerprint density at radius 1 is 1.33 bits per heavy atom. The number of rotatable bonds is 8. The topological polar surface area (TPSA) is 70.0 Å². The average Bonchev–Trinajstić information content (AvgIpc) is 2.18. The van der Waals surface area contributed by atoms with Crippen LogP contribution in [-0.4, -0.2) is 60.5 Å². The van der Waals surface area contributed by atoms with Crippen molar-refractivity contribution in [2.75, 3.05) is 39.5 Å². The molecule has 0 heterocycles. The molecule has 0 aromatic heterocycles. The third-order valence-electron chi connectivity index (χ3n) is 1.81. The van der Waals surface area contributed by atoms with Gasteiger partial charge in [-0.1, -0.05) is 6.58 Å². The van der Waals surface area contributed by atoms with E-state index in [4.69, 9.17) is 14.9 Å². The van der Waals surface area contributed by atoms with Crippen molar-refractivity contribution < 1.29 is 19.7 Å². The molecule has 0 unspecified atom stereocenters. The lowest BCUT2D eigenvalue weighted by molar-refractivity contribution is -0.138. The highest BCUT2D eigenvalue weighted by Gasteiger charge is 2.12. The van der Waals surface area contributed by atoms with Crippen LogP contribution in [0.1, 0.15) is 6.92 Å². The fourth-order valence-corrected chi connectivity index (χ4v) is 1.12. The Hall–Kier alpha value is -0.910. The van der Waals surface area contributed by atoms with Crippen LogP contribution in [0.15, 0.2) is 12.2 Å². The zero-order chi connectivity index (χ0) is 11.7. The largest absolute Gasteiger partial charge is 0.463 e. The Balaban J connectivity index is 4.03. The van der Waals surface area contributed by atoms with Crippen molar-refractivity contribution in [3.05, 3.63) is 12.2 Å². The molecule has 0 aromatic carbocycles. The van der Waals surface area contributed by atoms with Gasteiger partial charge in [0.25, 0.3) is 0 Å². The van der Waals surface area contributed by atoms with Crippen LogP contribution in [0.25, 0.3) is 0 Å². The Labute approximate surface area is 90.0 Å². The first-order valence-corrected chi connectivity index (χ1v) is 4.94. The summed E-state index contributed by atoms with van der Waals surface area (Å²) in [7, 11) is 0. The molecule has 0 amide bonds. The molecule has 0 fully saturated rings. The second kappa shape index (κ2) is 8.40. The molecule has 0 rings (SSSR count). The Morgan fingerprint density at radius 3 is 2.27 bits per heavy atom. The quantitative estimate of drug-likeness (QED) is 0.419. The molecule has 2 N–H and O–H groups in total. The van der Waals surface area contributed by atoms with Crippen LogP contribution in [-0.2, 0) is 9.53 Å². The van der Waals surface area contributed by atoms with Crippen LogP contribution < -0.4 is 0 Å². The van der Waals surface area contributed by atoms with E-state index in [1.807, 2.05) is 0 Å². The van der Waals surface area contributed by atoms with Gasteiger partial charge in [0.2, 0.25) is 0 Å². The zero-order valence-electron chi connectivity index (χ0n) is 9.11. The Morgan fingerprint density at radius 2 is 1.87 bits per heavy atom. The van der Waals surface area contributed by atoms with Crippen molar-refractivity contribution in [2.24, 2.45) is 0 Å². The minimum atomic E-state index is -0.432. The summed E-state index contributed by atoms with van der Waals surface area (Å²) in [5, 5.41) is 17.5. The number of ether oxygens (including phenoxy) is 1. The van der Waals surface area contributed by atoms with E-state index in [-0.39, 0.29) is 13.2 Å². The summed E-state index contributed by atoms with van der Waals surface area (Å²) < 4.78 is 4.77. The van der Waals surface area contributed by atoms with Gasteiger partial charge in [0.15, 0.2) is 0 Å². The first kappa shape index (κ1) is 14.1. The molecule has 5 nitrogen and oxygen atoms in total. The van der Waals surface area contributed by atoms with Gasteiger partial charge in [0.05, 0.1) is 19.8 Å². The highest BCUT2D eigenvalue weighted by Crippen LogP contribution is 1.99. The van der Waals surface area contributed by atoms with Gasteiger partial charge in [-0.05, 0) is 6.92 Å². The number of aliphatic hydroxyl groups is 2. The van der Waals surface area contributed by atoms with E-state index in [1.165, 1.54) is 0 Å². The molecule has 0 saturated carbocycles. The van der Waals surface area contributed by atoms with Crippen molar-refractivity contribution in [3.63, 3.8) is 0 Å². The van der Waals surface area contributed by atoms with Gasteiger partial charge in [0, 0.05) is 25.2 Å². The smallest absolute Gasteiger partial charge is 0.334 e. The normalized spacial score (nSPS) is 10.4. The molecule has 88 valence electrons. The molecule has 0 bridgehead atoms. The van der Waals surface area contributed by atoms with Gasteiger partial charge in [0.1, 0.15) is 0 Å². The van der Waals surface area contributed by atoms with Crippen LogP contribution in [0.3, 0.4) is 0 Å². The third kappa shape index (κ3) is 6.22. The van der Waals surface area contributed by atoms with Gasteiger partial charge in [-0.2, -0.15) is 0 Å². The first-order chi connectivity index (χ1) is 7.15. The van der Waals surface area contributed by atoms with Crippen LogP contribution in [0.5, 0.6) is 0 Å². The maximum Gasteiger partial charge on any atom is 0.334 e. The fourth-order valence-electron chi connectivity index (χ4n) is 1.12. The molecule has 15 heavy (non-hydrogen) atoms. The number of aliphatic hydroxyl groups excluding tert-OH is 2. The predicted octanol–water partition coefficient (Wildman–Crippen LogP) is -0.608. The van der Waals surface area contributed by atoms with E-state index in [0.717, 1.165) is 0 Å². The molecule has 0 aliphatic heterocycles. The summed E-state index contributed by atoms with van der Waals surface area (Å²) >= 11 is 0. The van der Waals surface area contributed by atoms with Crippen LogP contribution in [0, 0.1) is 0 Å². The predicted molar refractivity (Wildman–Crippen MR) is 56.4 cm³/mol. The molecule has 0 aromatic rings. The number of hydrogen-bond acceptors (Lipinski definition) is 5. The summed E-state index contributed by atoms with van der Waals surface area (Å²) in [4.78, 5) is 12.9. The third-order valence-corrected chi connectivity index (χ3v) is 1.81. The monoisotopic (exact) mass is 217 g/mol. The van der Waals surface area contributed by atoms with Gasteiger partial charge in [-0.3, -0.25) is 4.90 Å². The number of carbonyl (C=O) groups excluding carboxylic acids is 1. The van der Waals surface area contributed by atoms with Crippen molar-refractivity contribution in [1.82, 2.24) is 4.90 Å². The first-order valence-electron chi connectivity index (χ1n) is 4.94. The van der Waals surface area contributed by atoms with Crippen LogP contribution >= 0.6 is 0 Å². The number of nitrogens with zero attached hydrogens (tertiary/aromatic N) is 1. The molecular formula is C10H19NO4. The lowest BCUT2D eigenvalue weighted by Crippen LogP contribution is -2.33. The number of esters is 1. The second-order valence-electron chi connectivity index (χ2n) is 3.05. The van der Waals surface area contributed by atoms with E-state index >= 15 is 0 Å². The van der Waals surface area contributed by atoms with Crippen molar-refractivity contribution in [1.29, 1.82) is 0 Å². The van der Waals surface area contributed by atoms with Crippen molar-refractivity contribution >= 4 is 5.97 Å². The minimum Gasteiger partial charge on any atom is -0.463 e. The summed E-state index contributed by atoms with van der Waals surface area (Å²) in [6.07, 6.45) is 0. The van der Waals surface area contributed by atoms with E-state index < -0.39 is 5.97 Å². The van der Waals surface area contributed by atoms with E-state index in [9.17, 15) is 4.79 Å². The van der Waals surface area contributed by atoms with E-state index in [1.54, 1.807) is 11.8 Å². The standard InChI is InChI=1S/C10H19NO4/c1-3-15-10(14)9(2)8-11(4-6-12)5-7-13/h12-13H,2-8H2,1H3. The number of hydrogen-bond donors (Lipinski definition) is 2. The van der Waals surface area contributed by atoms with E-state index in [2.05, 4.69) is 6.58 Å². The van der Waals surface area contributed by atoms with Crippen LogP contribution in [0.2, 0.25) is 0 Å². The summed E-state index contributed by atoms with van der Waals surface area (Å²) in [6.45, 7) is 6.72. The lowest BCUT2D eigenvalue weighted by atomic mass is 10.3. The molecule has 0 aliphatic rings. The summed E-state index contributed by atoms with van der Waals surface area (Å²) in [5.41, 5.74) is 0.332. The SMILES string of the molecule is C=C(CN(CCO)CCO)C(=O)OCC. The minimum absolute atomic E-state index is 0.0178. The molecule has 0 radical (unpaired) electrons. The molecule has 5 heteroatoms. The maximum atomic E-state index is 11.2. The van der Waals surface area contributed by atoms with Crippen molar-refractivity contribution in [3.8, 4) is 0 Å². The second-order valence-corrected chi connectivity index (χ2v) is 3.05. The molecule has 0 spiro atoms. The molecule has 0 saturated heterocycles. The van der Waals surface area contributed by atoms with Gasteiger partial charge in [-0.25, -0.2) is 4.79 Å². The highest BCUT2D eigenvalue weighted by atomic mass is 16.5. The van der Waals surface area contributed by atoms with Gasteiger partial charge in [-0.15, -0.1) is 0 Å². The highest BCUT2D eigenvalue weighted by molar-refractivity contribution is 5.88. The van der Waals surface area contributed by atoms with Gasteiger partial charge >= 0.3 is 5.97 Å².